The molecule has 0 unspecified atom stereocenters. The van der Waals surface area contributed by atoms with Crippen LogP contribution in [0.3, 0.4) is 0 Å². The minimum absolute atomic E-state index is 0.156. The number of nitrogens with zero attached hydrogens (tertiary/aromatic N) is 3. The van der Waals surface area contributed by atoms with E-state index in [-0.39, 0.29) is 11.4 Å². The first-order valence-electron chi connectivity index (χ1n) is 9.34. The van der Waals surface area contributed by atoms with Gasteiger partial charge in [0.1, 0.15) is 11.3 Å². The predicted molar refractivity (Wildman–Crippen MR) is 105 cm³/mol. The van der Waals surface area contributed by atoms with Crippen LogP contribution in [-0.2, 0) is 23.0 Å². The lowest BCUT2D eigenvalue weighted by molar-refractivity contribution is 0.575. The SMILES string of the molecule is CC(C)Cc1ccc(S(=O)(=O)NCc2nc3cccnc3n2C2CC2)cc1. The third-order valence-electron chi connectivity index (χ3n) is 4.73. The minimum atomic E-state index is -3.59. The summed E-state index contributed by atoms with van der Waals surface area (Å²) in [5.41, 5.74) is 2.77. The van der Waals surface area contributed by atoms with E-state index in [4.69, 9.17) is 0 Å². The molecular formula is C20H24N4O2S. The number of hydrogen-bond donors (Lipinski definition) is 1. The Hall–Kier alpha value is -2.25. The van der Waals surface area contributed by atoms with E-state index in [1.165, 1.54) is 0 Å². The Morgan fingerprint density at radius 1 is 1.19 bits per heavy atom. The molecule has 1 fully saturated rings. The summed E-state index contributed by atoms with van der Waals surface area (Å²) in [7, 11) is -3.59. The lowest BCUT2D eigenvalue weighted by Gasteiger charge is -2.10. The molecule has 4 rings (SSSR count). The van der Waals surface area contributed by atoms with Gasteiger partial charge in [-0.15, -0.1) is 0 Å². The molecule has 0 bridgehead atoms. The molecule has 142 valence electrons. The smallest absolute Gasteiger partial charge is 0.240 e. The summed E-state index contributed by atoms with van der Waals surface area (Å²) in [6.07, 6.45) is 4.85. The summed E-state index contributed by atoms with van der Waals surface area (Å²) in [4.78, 5) is 9.29. The van der Waals surface area contributed by atoms with E-state index >= 15 is 0 Å². The van der Waals surface area contributed by atoms with Gasteiger partial charge >= 0.3 is 0 Å². The van der Waals surface area contributed by atoms with Gasteiger partial charge in [-0.1, -0.05) is 26.0 Å². The number of fused-ring (bicyclic) bond motifs is 1. The molecule has 7 heteroatoms. The van der Waals surface area contributed by atoms with Crippen molar-refractivity contribution in [3.63, 3.8) is 0 Å². The fourth-order valence-electron chi connectivity index (χ4n) is 3.34. The summed E-state index contributed by atoms with van der Waals surface area (Å²) >= 11 is 0. The molecule has 3 aromatic rings. The Balaban J connectivity index is 1.54. The summed E-state index contributed by atoms with van der Waals surface area (Å²) in [5, 5.41) is 0. The zero-order valence-electron chi connectivity index (χ0n) is 15.6. The number of pyridine rings is 1. The molecule has 0 aliphatic heterocycles. The molecule has 0 radical (unpaired) electrons. The molecule has 1 aliphatic rings. The van der Waals surface area contributed by atoms with Crippen LogP contribution < -0.4 is 4.72 Å². The standard InChI is InChI=1S/C20H24N4O2S/c1-14(2)12-15-5-9-17(10-6-15)27(25,26)22-13-19-23-18-4-3-11-21-20(18)24(19)16-7-8-16/h3-6,9-11,14,16,22H,7-8,12-13H2,1-2H3. The normalized spacial score (nSPS) is 14.9. The van der Waals surface area contributed by atoms with Gasteiger partial charge in [0.15, 0.2) is 5.65 Å². The lowest BCUT2D eigenvalue weighted by atomic mass is 10.0. The van der Waals surface area contributed by atoms with Crippen LogP contribution in [-0.4, -0.2) is 23.0 Å². The van der Waals surface area contributed by atoms with E-state index in [1.807, 2.05) is 24.3 Å². The van der Waals surface area contributed by atoms with Crippen molar-refractivity contribution < 1.29 is 8.42 Å². The summed E-state index contributed by atoms with van der Waals surface area (Å²) in [6.45, 7) is 4.45. The van der Waals surface area contributed by atoms with E-state index in [1.54, 1.807) is 18.3 Å². The zero-order chi connectivity index (χ0) is 19.0. The van der Waals surface area contributed by atoms with Crippen molar-refractivity contribution in [2.24, 2.45) is 5.92 Å². The first-order chi connectivity index (χ1) is 12.9. The number of nitrogens with one attached hydrogen (secondary N) is 1. The largest absolute Gasteiger partial charge is 0.308 e. The number of aromatic nitrogens is 3. The van der Waals surface area contributed by atoms with E-state index in [0.717, 1.165) is 36.0 Å². The molecule has 6 nitrogen and oxygen atoms in total. The highest BCUT2D eigenvalue weighted by Crippen LogP contribution is 2.38. The quantitative estimate of drug-likeness (QED) is 0.677. The Kier molecular flexibility index (Phi) is 4.74. The molecule has 0 amide bonds. The highest BCUT2D eigenvalue weighted by molar-refractivity contribution is 7.89. The number of benzene rings is 1. The van der Waals surface area contributed by atoms with E-state index in [2.05, 4.69) is 33.1 Å². The van der Waals surface area contributed by atoms with E-state index in [9.17, 15) is 8.42 Å². The van der Waals surface area contributed by atoms with Crippen LogP contribution in [0.1, 0.15) is 44.1 Å². The predicted octanol–water partition coefficient (Wildman–Crippen LogP) is 3.44. The van der Waals surface area contributed by atoms with Crippen LogP contribution in [0.5, 0.6) is 0 Å². The molecule has 1 saturated carbocycles. The van der Waals surface area contributed by atoms with E-state index in [0.29, 0.717) is 17.8 Å². The number of sulfonamides is 1. The monoisotopic (exact) mass is 384 g/mol. The van der Waals surface area contributed by atoms with Crippen LogP contribution >= 0.6 is 0 Å². The maximum absolute atomic E-state index is 12.7. The topological polar surface area (TPSA) is 76.9 Å². The van der Waals surface area contributed by atoms with Crippen molar-refractivity contribution in [3.8, 4) is 0 Å². The van der Waals surface area contributed by atoms with Crippen molar-refractivity contribution in [1.29, 1.82) is 0 Å². The Morgan fingerprint density at radius 2 is 1.93 bits per heavy atom. The molecule has 1 N–H and O–H groups in total. The highest BCUT2D eigenvalue weighted by Gasteiger charge is 2.29. The molecule has 1 aliphatic carbocycles. The third-order valence-corrected chi connectivity index (χ3v) is 6.15. The minimum Gasteiger partial charge on any atom is -0.308 e. The van der Waals surface area contributed by atoms with Gasteiger partial charge in [-0.2, -0.15) is 0 Å². The van der Waals surface area contributed by atoms with Gasteiger partial charge < -0.3 is 4.57 Å². The molecule has 0 saturated heterocycles. The maximum Gasteiger partial charge on any atom is 0.240 e. The van der Waals surface area contributed by atoms with Crippen molar-refractivity contribution in [3.05, 3.63) is 54.0 Å². The van der Waals surface area contributed by atoms with Gasteiger partial charge in [0.05, 0.1) is 11.4 Å². The molecule has 1 aromatic carbocycles. The molecule has 0 spiro atoms. The molecule has 2 heterocycles. The number of hydrogen-bond acceptors (Lipinski definition) is 4. The first kappa shape index (κ1) is 18.1. The second-order valence-corrected chi connectivity index (χ2v) is 9.31. The van der Waals surface area contributed by atoms with Crippen LogP contribution in [0.25, 0.3) is 11.2 Å². The zero-order valence-corrected chi connectivity index (χ0v) is 16.4. The first-order valence-corrected chi connectivity index (χ1v) is 10.8. The van der Waals surface area contributed by atoms with Crippen LogP contribution in [0.15, 0.2) is 47.5 Å². The lowest BCUT2D eigenvalue weighted by Crippen LogP contribution is -2.25. The molecule has 27 heavy (non-hydrogen) atoms. The molecule has 0 atom stereocenters. The van der Waals surface area contributed by atoms with E-state index < -0.39 is 10.0 Å². The molecule has 2 aromatic heterocycles. The van der Waals surface area contributed by atoms with Crippen molar-refractivity contribution in [1.82, 2.24) is 19.3 Å². The summed E-state index contributed by atoms with van der Waals surface area (Å²) in [6, 6.07) is 11.2. The second-order valence-electron chi connectivity index (χ2n) is 7.54. The Morgan fingerprint density at radius 3 is 2.59 bits per heavy atom. The van der Waals surface area contributed by atoms with Crippen LogP contribution in [0.4, 0.5) is 0 Å². The number of rotatable bonds is 7. The van der Waals surface area contributed by atoms with Gasteiger partial charge in [0, 0.05) is 12.2 Å². The second kappa shape index (κ2) is 7.05. The maximum atomic E-state index is 12.7. The van der Waals surface area contributed by atoms with Gasteiger partial charge in [-0.3, -0.25) is 0 Å². The fourth-order valence-corrected chi connectivity index (χ4v) is 4.32. The average molecular weight is 385 g/mol. The van der Waals surface area contributed by atoms with Crippen LogP contribution in [0, 0.1) is 5.92 Å². The Labute approximate surface area is 159 Å². The van der Waals surface area contributed by atoms with Gasteiger partial charge in [-0.25, -0.2) is 23.1 Å². The average Bonchev–Trinajstić information content (AvgIpc) is 3.40. The highest BCUT2D eigenvalue weighted by atomic mass is 32.2. The number of imidazole rings is 1. The fraction of sp³-hybridized carbons (Fsp3) is 0.400. The van der Waals surface area contributed by atoms with Gasteiger partial charge in [0.2, 0.25) is 10.0 Å². The third kappa shape index (κ3) is 3.89. The van der Waals surface area contributed by atoms with Crippen molar-refractivity contribution >= 4 is 21.2 Å². The van der Waals surface area contributed by atoms with Crippen molar-refractivity contribution in [2.45, 2.75) is 50.6 Å². The van der Waals surface area contributed by atoms with Crippen LogP contribution in [0.2, 0.25) is 0 Å². The van der Waals surface area contributed by atoms with Gasteiger partial charge in [0.25, 0.3) is 0 Å². The summed E-state index contributed by atoms with van der Waals surface area (Å²) in [5.74, 6) is 1.25. The Bertz CT molecular complexity index is 1050. The van der Waals surface area contributed by atoms with Crippen molar-refractivity contribution in [2.75, 3.05) is 0 Å². The van der Waals surface area contributed by atoms with Gasteiger partial charge in [-0.05, 0) is 55.0 Å². The summed E-state index contributed by atoms with van der Waals surface area (Å²) < 4.78 is 30.1. The molecular weight excluding hydrogens is 360 g/mol.